The van der Waals surface area contributed by atoms with Crippen LogP contribution in [0.2, 0.25) is 0 Å². The van der Waals surface area contributed by atoms with Crippen molar-refractivity contribution in [2.45, 2.75) is 58.3 Å². The summed E-state index contributed by atoms with van der Waals surface area (Å²) in [5.74, 6) is 3.59. The first-order chi connectivity index (χ1) is 10.7. The molecule has 1 aromatic rings. The molecule has 1 heteroatoms. The van der Waals surface area contributed by atoms with Gasteiger partial charge in [-0.15, -0.1) is 0 Å². The van der Waals surface area contributed by atoms with Gasteiger partial charge in [0.05, 0.1) is 7.11 Å². The zero-order chi connectivity index (χ0) is 15.3. The summed E-state index contributed by atoms with van der Waals surface area (Å²) in [4.78, 5) is 0. The third-order valence-corrected chi connectivity index (χ3v) is 7.06. The number of benzene rings is 1. The van der Waals surface area contributed by atoms with E-state index in [1.54, 1.807) is 23.8 Å². The number of allylic oxidation sites excluding steroid dienone is 2. The van der Waals surface area contributed by atoms with Crippen LogP contribution >= 0.6 is 0 Å². The lowest BCUT2D eigenvalue weighted by Gasteiger charge is -2.50. The lowest BCUT2D eigenvalue weighted by molar-refractivity contribution is 0.0735. The maximum Gasteiger partial charge on any atom is 0.119 e. The molecule has 0 N–H and O–H groups in total. The van der Waals surface area contributed by atoms with Crippen molar-refractivity contribution < 1.29 is 4.74 Å². The maximum atomic E-state index is 5.42. The molecule has 0 heterocycles. The number of hydrogen-bond donors (Lipinski definition) is 0. The molecule has 0 aliphatic heterocycles. The van der Waals surface area contributed by atoms with Gasteiger partial charge in [-0.25, -0.2) is 0 Å². The van der Waals surface area contributed by atoms with E-state index in [-0.39, 0.29) is 0 Å². The topological polar surface area (TPSA) is 9.23 Å². The summed E-state index contributed by atoms with van der Waals surface area (Å²) in [6.45, 7) is 4.90. The molecule has 3 aliphatic rings. The Balaban J connectivity index is 1.67. The zero-order valence-corrected chi connectivity index (χ0v) is 14.2. The Morgan fingerprint density at radius 1 is 1.27 bits per heavy atom. The third kappa shape index (κ3) is 1.90. The van der Waals surface area contributed by atoms with E-state index in [0.29, 0.717) is 5.41 Å². The number of aryl methyl sites for hydroxylation is 1. The van der Waals surface area contributed by atoms with Crippen molar-refractivity contribution in [3.05, 3.63) is 41.0 Å². The third-order valence-electron chi connectivity index (χ3n) is 7.06. The maximum absolute atomic E-state index is 5.42. The minimum atomic E-state index is 0.500. The normalized spacial score (nSPS) is 36.1. The Hall–Kier alpha value is -1.24. The molecule has 0 amide bonds. The molecule has 0 aromatic heterocycles. The highest BCUT2D eigenvalue weighted by Crippen LogP contribution is 2.61. The predicted octanol–water partition coefficient (Wildman–Crippen LogP) is 5.50. The van der Waals surface area contributed by atoms with Crippen LogP contribution in [0.15, 0.2) is 29.8 Å². The average Bonchev–Trinajstić information content (AvgIpc) is 2.90. The fourth-order valence-electron chi connectivity index (χ4n) is 5.89. The van der Waals surface area contributed by atoms with E-state index in [4.69, 9.17) is 4.74 Å². The summed E-state index contributed by atoms with van der Waals surface area (Å²) < 4.78 is 5.42. The molecule has 0 unspecified atom stereocenters. The van der Waals surface area contributed by atoms with Gasteiger partial charge >= 0.3 is 0 Å². The molecule has 0 bridgehead atoms. The van der Waals surface area contributed by atoms with E-state index in [2.05, 4.69) is 38.1 Å². The van der Waals surface area contributed by atoms with E-state index < -0.39 is 0 Å². The van der Waals surface area contributed by atoms with Crippen LogP contribution in [-0.2, 0) is 6.42 Å². The molecule has 4 atom stereocenters. The molecule has 1 nitrogen and oxygen atoms in total. The second-order valence-corrected chi connectivity index (χ2v) is 7.76. The smallest absolute Gasteiger partial charge is 0.119 e. The van der Waals surface area contributed by atoms with E-state index in [9.17, 15) is 0 Å². The Bertz CT molecular complexity index is 614. The molecule has 118 valence electrons. The van der Waals surface area contributed by atoms with E-state index in [0.717, 1.165) is 23.5 Å². The number of ether oxygens (including phenoxy) is 1. The number of methoxy groups -OCH3 is 1. The highest BCUT2D eigenvalue weighted by molar-refractivity contribution is 5.41. The van der Waals surface area contributed by atoms with E-state index in [1.807, 2.05) is 0 Å². The van der Waals surface area contributed by atoms with Crippen molar-refractivity contribution in [3.63, 3.8) is 0 Å². The second-order valence-electron chi connectivity index (χ2n) is 7.76. The van der Waals surface area contributed by atoms with Crippen LogP contribution in [0, 0.1) is 17.3 Å². The summed E-state index contributed by atoms with van der Waals surface area (Å²) in [5.41, 5.74) is 5.42. The monoisotopic (exact) mass is 296 g/mol. The molecule has 0 saturated heterocycles. The van der Waals surface area contributed by atoms with Crippen LogP contribution in [0.5, 0.6) is 5.75 Å². The van der Waals surface area contributed by atoms with Crippen LogP contribution in [0.25, 0.3) is 0 Å². The van der Waals surface area contributed by atoms with Gasteiger partial charge in [-0.05, 0) is 85.0 Å². The summed E-state index contributed by atoms with van der Waals surface area (Å²) >= 11 is 0. The minimum absolute atomic E-state index is 0.500. The summed E-state index contributed by atoms with van der Waals surface area (Å²) in [6.07, 6.45) is 10.5. The quantitative estimate of drug-likeness (QED) is 0.655. The van der Waals surface area contributed by atoms with Crippen molar-refractivity contribution in [2.24, 2.45) is 17.3 Å². The summed E-state index contributed by atoms with van der Waals surface area (Å²) in [6, 6.07) is 6.81. The molecule has 22 heavy (non-hydrogen) atoms. The van der Waals surface area contributed by atoms with E-state index >= 15 is 0 Å². The summed E-state index contributed by atoms with van der Waals surface area (Å²) in [7, 11) is 1.77. The molecule has 1 aromatic carbocycles. The van der Waals surface area contributed by atoms with Crippen molar-refractivity contribution >= 4 is 0 Å². The molecule has 4 rings (SSSR count). The standard InChI is InChI=1S/C21H28O/c1-4-15-6-10-20-19-8-5-14-13-16(22-3)7-9-17(14)18(19)11-12-21(15,20)2/h6-7,9,13,18-20H,4-5,8,10-12H2,1-3H3/t18-,19-,20+,21-/m1/s1. The molecular formula is C21H28O. The Kier molecular flexibility index (Phi) is 3.36. The Morgan fingerprint density at radius 3 is 2.91 bits per heavy atom. The summed E-state index contributed by atoms with van der Waals surface area (Å²) in [5, 5.41) is 0. The lowest BCUT2D eigenvalue weighted by Crippen LogP contribution is -2.41. The van der Waals surface area contributed by atoms with Gasteiger partial charge in [-0.1, -0.05) is 31.6 Å². The van der Waals surface area contributed by atoms with E-state index in [1.165, 1.54) is 38.5 Å². The van der Waals surface area contributed by atoms with Gasteiger partial charge in [0, 0.05) is 0 Å². The number of hydrogen-bond acceptors (Lipinski definition) is 1. The number of fused-ring (bicyclic) bond motifs is 5. The van der Waals surface area contributed by atoms with Gasteiger partial charge in [0.2, 0.25) is 0 Å². The van der Waals surface area contributed by atoms with Gasteiger partial charge in [-0.2, -0.15) is 0 Å². The van der Waals surface area contributed by atoms with Crippen LogP contribution in [0.1, 0.15) is 63.0 Å². The number of rotatable bonds is 2. The predicted molar refractivity (Wildman–Crippen MR) is 91.4 cm³/mol. The fourth-order valence-corrected chi connectivity index (χ4v) is 5.89. The first kappa shape index (κ1) is 14.4. The van der Waals surface area contributed by atoms with Gasteiger partial charge in [0.25, 0.3) is 0 Å². The molecule has 0 radical (unpaired) electrons. The Labute approximate surface area is 134 Å². The fraction of sp³-hybridized carbons (Fsp3) is 0.619. The highest BCUT2D eigenvalue weighted by Gasteiger charge is 2.50. The first-order valence-electron chi connectivity index (χ1n) is 9.03. The van der Waals surface area contributed by atoms with Crippen LogP contribution < -0.4 is 4.74 Å². The molecule has 0 spiro atoms. The Morgan fingerprint density at radius 2 is 2.14 bits per heavy atom. The molecule has 3 aliphatic carbocycles. The van der Waals surface area contributed by atoms with Gasteiger partial charge in [0.1, 0.15) is 5.75 Å². The van der Waals surface area contributed by atoms with Gasteiger partial charge in [0.15, 0.2) is 0 Å². The highest BCUT2D eigenvalue weighted by atomic mass is 16.5. The van der Waals surface area contributed by atoms with Gasteiger partial charge in [-0.3, -0.25) is 0 Å². The van der Waals surface area contributed by atoms with Crippen molar-refractivity contribution in [1.82, 2.24) is 0 Å². The van der Waals surface area contributed by atoms with Crippen molar-refractivity contribution in [2.75, 3.05) is 7.11 Å². The zero-order valence-electron chi connectivity index (χ0n) is 14.2. The van der Waals surface area contributed by atoms with Crippen LogP contribution in [0.4, 0.5) is 0 Å². The SMILES string of the molecule is CCC1=CC[C@H]2[C@@H]3CCc4cc(OC)ccc4[C@H]3CC[C@]12C. The largest absolute Gasteiger partial charge is 0.497 e. The van der Waals surface area contributed by atoms with Crippen LogP contribution in [-0.4, -0.2) is 7.11 Å². The van der Waals surface area contributed by atoms with Crippen molar-refractivity contribution in [3.8, 4) is 5.75 Å². The average molecular weight is 296 g/mol. The first-order valence-corrected chi connectivity index (χ1v) is 9.03. The van der Waals surface area contributed by atoms with Gasteiger partial charge < -0.3 is 4.74 Å². The second kappa shape index (κ2) is 5.15. The van der Waals surface area contributed by atoms with Crippen molar-refractivity contribution in [1.29, 1.82) is 0 Å². The molecule has 1 saturated carbocycles. The van der Waals surface area contributed by atoms with Crippen LogP contribution in [0.3, 0.4) is 0 Å². The molecule has 1 fully saturated rings. The molecular weight excluding hydrogens is 268 g/mol. The lowest BCUT2D eigenvalue weighted by atomic mass is 9.54. The minimum Gasteiger partial charge on any atom is -0.497 e.